The van der Waals surface area contributed by atoms with E-state index in [9.17, 15) is 27.2 Å². The molecular formula is C15H21F4N3O3. The Balaban J connectivity index is 2.89. The predicted molar refractivity (Wildman–Crippen MR) is 82.7 cm³/mol. The SMILES string of the molecule is C/C=C\C(=N\NC(=O)[C@@H]1C[C@@H](F)CN1C(=O)OC(C)(C)C)C(F)(F)F. The summed E-state index contributed by atoms with van der Waals surface area (Å²) in [4.78, 5) is 25.0. The molecule has 1 aliphatic rings. The summed E-state index contributed by atoms with van der Waals surface area (Å²) in [5.41, 5.74) is -0.433. The third-order valence-electron chi connectivity index (χ3n) is 3.08. The van der Waals surface area contributed by atoms with Crippen LogP contribution in [0.15, 0.2) is 17.3 Å². The van der Waals surface area contributed by atoms with Gasteiger partial charge in [0.2, 0.25) is 0 Å². The molecule has 0 aromatic rings. The van der Waals surface area contributed by atoms with Crippen LogP contribution in [0.3, 0.4) is 0 Å². The highest BCUT2D eigenvalue weighted by Gasteiger charge is 2.42. The molecule has 1 fully saturated rings. The molecule has 25 heavy (non-hydrogen) atoms. The van der Waals surface area contributed by atoms with Gasteiger partial charge in [-0.1, -0.05) is 6.08 Å². The second kappa shape index (κ2) is 7.83. The molecule has 0 saturated carbocycles. The normalized spacial score (nSPS) is 22.4. The van der Waals surface area contributed by atoms with Gasteiger partial charge in [-0.15, -0.1) is 0 Å². The van der Waals surface area contributed by atoms with Gasteiger partial charge in [-0.2, -0.15) is 18.3 Å². The lowest BCUT2D eigenvalue weighted by molar-refractivity contribution is -0.125. The van der Waals surface area contributed by atoms with E-state index >= 15 is 0 Å². The van der Waals surface area contributed by atoms with E-state index in [2.05, 4.69) is 5.10 Å². The van der Waals surface area contributed by atoms with E-state index in [-0.39, 0.29) is 13.0 Å². The second-order valence-electron chi connectivity index (χ2n) is 6.45. The zero-order chi connectivity index (χ0) is 19.4. The van der Waals surface area contributed by atoms with Crippen LogP contribution in [0.1, 0.15) is 34.1 Å². The smallest absolute Gasteiger partial charge is 0.435 e. The van der Waals surface area contributed by atoms with Crippen LogP contribution in [-0.4, -0.2) is 53.1 Å². The highest BCUT2D eigenvalue weighted by atomic mass is 19.4. The van der Waals surface area contributed by atoms with Crippen molar-refractivity contribution in [3.63, 3.8) is 0 Å². The molecule has 1 rings (SSSR count). The number of carbonyl (C=O) groups excluding carboxylic acids is 2. The number of halogens is 4. The van der Waals surface area contributed by atoms with Crippen molar-refractivity contribution in [3.8, 4) is 0 Å². The number of ether oxygens (including phenoxy) is 1. The zero-order valence-electron chi connectivity index (χ0n) is 14.4. The van der Waals surface area contributed by atoms with Crippen molar-refractivity contribution in [3.05, 3.63) is 12.2 Å². The first-order chi connectivity index (χ1) is 11.3. The summed E-state index contributed by atoms with van der Waals surface area (Å²) in [5, 5.41) is 3.03. The summed E-state index contributed by atoms with van der Waals surface area (Å²) in [5.74, 6) is -1.02. The lowest BCUT2D eigenvalue weighted by Gasteiger charge is -2.27. The van der Waals surface area contributed by atoms with E-state index < -0.39 is 41.7 Å². The van der Waals surface area contributed by atoms with E-state index in [1.807, 2.05) is 0 Å². The Morgan fingerprint density at radius 1 is 1.28 bits per heavy atom. The molecule has 1 heterocycles. The van der Waals surface area contributed by atoms with E-state index in [0.717, 1.165) is 11.0 Å². The van der Waals surface area contributed by atoms with Crippen LogP contribution < -0.4 is 5.43 Å². The third kappa shape index (κ3) is 6.35. The molecule has 1 N–H and O–H groups in total. The highest BCUT2D eigenvalue weighted by Crippen LogP contribution is 2.24. The predicted octanol–water partition coefficient (Wildman–Crippen LogP) is 2.94. The lowest BCUT2D eigenvalue weighted by Crippen LogP contribution is -2.47. The minimum atomic E-state index is -4.76. The van der Waals surface area contributed by atoms with Crippen molar-refractivity contribution >= 4 is 17.7 Å². The number of allylic oxidation sites excluding steroid dienone is 2. The average molecular weight is 367 g/mol. The average Bonchev–Trinajstić information content (AvgIpc) is 2.82. The number of likely N-dealkylation sites (tertiary alicyclic amines) is 1. The van der Waals surface area contributed by atoms with Crippen molar-refractivity contribution in [1.29, 1.82) is 0 Å². The molecule has 2 atom stereocenters. The maximum Gasteiger partial charge on any atom is 0.435 e. The topological polar surface area (TPSA) is 71.0 Å². The van der Waals surface area contributed by atoms with Crippen LogP contribution in [0.4, 0.5) is 22.4 Å². The van der Waals surface area contributed by atoms with E-state index in [0.29, 0.717) is 6.08 Å². The van der Waals surface area contributed by atoms with Gasteiger partial charge in [0.15, 0.2) is 5.71 Å². The molecule has 6 nitrogen and oxygen atoms in total. The van der Waals surface area contributed by atoms with Crippen molar-refractivity contribution in [2.75, 3.05) is 6.54 Å². The summed E-state index contributed by atoms with van der Waals surface area (Å²) in [6, 6.07) is -1.30. The summed E-state index contributed by atoms with van der Waals surface area (Å²) < 4.78 is 56.8. The molecule has 142 valence electrons. The van der Waals surface area contributed by atoms with Gasteiger partial charge < -0.3 is 4.74 Å². The number of hydrogen-bond acceptors (Lipinski definition) is 4. The molecule has 1 aliphatic heterocycles. The maximum atomic E-state index is 13.6. The largest absolute Gasteiger partial charge is 0.444 e. The van der Waals surface area contributed by atoms with Crippen molar-refractivity contribution in [2.45, 2.75) is 58.1 Å². The van der Waals surface area contributed by atoms with Crippen LogP contribution in [0.25, 0.3) is 0 Å². The summed E-state index contributed by atoms with van der Waals surface area (Å²) >= 11 is 0. The van der Waals surface area contributed by atoms with Gasteiger partial charge in [-0.3, -0.25) is 9.69 Å². The van der Waals surface area contributed by atoms with Crippen LogP contribution in [0, 0.1) is 0 Å². The summed E-state index contributed by atoms with van der Waals surface area (Å²) in [6.07, 6.45) is -5.71. The fourth-order valence-corrected chi connectivity index (χ4v) is 2.10. The minimum absolute atomic E-state index is 0.342. The summed E-state index contributed by atoms with van der Waals surface area (Å²) in [7, 11) is 0. The maximum absolute atomic E-state index is 13.6. The quantitative estimate of drug-likeness (QED) is 0.474. The van der Waals surface area contributed by atoms with Crippen molar-refractivity contribution < 1.29 is 31.9 Å². The zero-order valence-corrected chi connectivity index (χ0v) is 14.4. The monoisotopic (exact) mass is 367 g/mol. The lowest BCUT2D eigenvalue weighted by atomic mass is 10.2. The molecule has 10 heteroatoms. The first-order valence-electron chi connectivity index (χ1n) is 7.56. The Kier molecular flexibility index (Phi) is 6.55. The Morgan fingerprint density at radius 3 is 2.36 bits per heavy atom. The summed E-state index contributed by atoms with van der Waals surface area (Å²) in [6.45, 7) is 5.77. The van der Waals surface area contributed by atoms with Crippen LogP contribution in [-0.2, 0) is 9.53 Å². The van der Waals surface area contributed by atoms with Crippen molar-refractivity contribution in [2.24, 2.45) is 5.10 Å². The Morgan fingerprint density at radius 2 is 1.88 bits per heavy atom. The van der Waals surface area contributed by atoms with Crippen LogP contribution in [0.2, 0.25) is 0 Å². The highest BCUT2D eigenvalue weighted by molar-refractivity contribution is 6.00. The Bertz CT molecular complexity index is 567. The Hall–Kier alpha value is -2.13. The van der Waals surface area contributed by atoms with Crippen LogP contribution >= 0.6 is 0 Å². The molecule has 0 aromatic carbocycles. The first kappa shape index (κ1) is 20.9. The number of alkyl halides is 4. The van der Waals surface area contributed by atoms with Crippen LogP contribution in [0.5, 0.6) is 0 Å². The van der Waals surface area contributed by atoms with Gasteiger partial charge in [0.05, 0.1) is 6.54 Å². The molecule has 0 radical (unpaired) electrons. The molecular weight excluding hydrogens is 346 g/mol. The third-order valence-corrected chi connectivity index (χ3v) is 3.08. The number of nitrogens with zero attached hydrogens (tertiary/aromatic N) is 2. The molecule has 0 spiro atoms. The molecule has 0 bridgehead atoms. The number of hydrazone groups is 1. The first-order valence-corrected chi connectivity index (χ1v) is 7.56. The van der Waals surface area contributed by atoms with E-state index in [1.54, 1.807) is 26.2 Å². The van der Waals surface area contributed by atoms with Gasteiger partial charge in [-0.25, -0.2) is 14.6 Å². The van der Waals surface area contributed by atoms with Gasteiger partial charge in [-0.05, 0) is 33.8 Å². The van der Waals surface area contributed by atoms with E-state index in [1.165, 1.54) is 6.92 Å². The molecule has 1 saturated heterocycles. The standard InChI is InChI=1S/C15H21F4N3O3/c1-5-6-11(15(17,18)19)20-21-12(23)10-7-9(16)8-22(10)13(24)25-14(2,3)4/h5-6,9-10H,7-8H2,1-4H3,(H,21,23)/b6-5-,20-11-/t9-,10+/m1/s1. The Labute approximate surface area is 142 Å². The van der Waals surface area contributed by atoms with Gasteiger partial charge >= 0.3 is 12.3 Å². The van der Waals surface area contributed by atoms with Crippen molar-refractivity contribution in [1.82, 2.24) is 10.3 Å². The van der Waals surface area contributed by atoms with E-state index in [4.69, 9.17) is 4.74 Å². The number of amides is 2. The number of nitrogens with one attached hydrogen (secondary N) is 1. The molecule has 0 aliphatic carbocycles. The molecule has 0 aromatic heterocycles. The fraction of sp³-hybridized carbons (Fsp3) is 0.667. The number of carbonyl (C=O) groups is 2. The molecule has 0 unspecified atom stereocenters. The van der Waals surface area contributed by atoms with Gasteiger partial charge in [0, 0.05) is 6.42 Å². The number of rotatable bonds is 3. The second-order valence-corrected chi connectivity index (χ2v) is 6.45. The molecule has 2 amide bonds. The number of hydrogen-bond donors (Lipinski definition) is 1. The van der Waals surface area contributed by atoms with Gasteiger partial charge in [0.25, 0.3) is 5.91 Å². The minimum Gasteiger partial charge on any atom is -0.444 e. The fourth-order valence-electron chi connectivity index (χ4n) is 2.10. The van der Waals surface area contributed by atoms with Gasteiger partial charge in [0.1, 0.15) is 17.8 Å².